The molecular weight excluding hydrogens is 337 g/mol. The number of nitrogens with one attached hydrogen (secondary N) is 1. The van der Waals surface area contributed by atoms with Crippen molar-refractivity contribution in [1.29, 1.82) is 0 Å². The van der Waals surface area contributed by atoms with E-state index in [9.17, 15) is 14.0 Å². The van der Waals surface area contributed by atoms with Crippen molar-refractivity contribution < 1.29 is 19.1 Å². The second-order valence-electron chi connectivity index (χ2n) is 6.10. The Labute approximate surface area is 145 Å². The van der Waals surface area contributed by atoms with Crippen LogP contribution in [0.15, 0.2) is 18.2 Å². The third-order valence-corrected chi connectivity index (χ3v) is 4.39. The number of carboxylic acid groups (broad SMARTS) is 1. The van der Waals surface area contributed by atoms with E-state index in [-0.39, 0.29) is 23.6 Å². The monoisotopic (exact) mass is 357 g/mol. The lowest BCUT2D eigenvalue weighted by molar-refractivity contribution is -0.141. The van der Waals surface area contributed by atoms with Gasteiger partial charge >= 0.3 is 12.0 Å². The number of aliphatic carboxylic acids is 1. The van der Waals surface area contributed by atoms with Crippen molar-refractivity contribution in [3.05, 3.63) is 29.0 Å². The van der Waals surface area contributed by atoms with Gasteiger partial charge in [-0.3, -0.25) is 4.79 Å². The predicted molar refractivity (Wildman–Crippen MR) is 90.0 cm³/mol. The molecule has 1 heterocycles. The molecule has 0 bridgehead atoms. The fraction of sp³-hybridized carbons (Fsp3) is 0.500. The Bertz CT molecular complexity index is 629. The largest absolute Gasteiger partial charge is 0.481 e. The first kappa shape index (κ1) is 18.3. The minimum atomic E-state index is -0.935. The van der Waals surface area contributed by atoms with E-state index in [2.05, 4.69) is 5.32 Å². The average molecular weight is 358 g/mol. The molecule has 24 heavy (non-hydrogen) atoms. The number of hydrogen-bond donors (Lipinski definition) is 2. The maximum atomic E-state index is 13.2. The lowest BCUT2D eigenvalue weighted by Gasteiger charge is -2.23. The van der Waals surface area contributed by atoms with Crippen LogP contribution in [0, 0.1) is 11.7 Å². The number of hydrogen-bond acceptors (Lipinski definition) is 3. The molecule has 1 aliphatic heterocycles. The van der Waals surface area contributed by atoms with Crippen molar-refractivity contribution in [3.8, 4) is 0 Å². The Morgan fingerprint density at radius 3 is 2.88 bits per heavy atom. The lowest BCUT2D eigenvalue weighted by atomic mass is 10.2. The van der Waals surface area contributed by atoms with Crippen LogP contribution in [0.3, 0.4) is 0 Å². The van der Waals surface area contributed by atoms with Crippen LogP contribution in [0.5, 0.6) is 0 Å². The third kappa shape index (κ3) is 4.50. The van der Waals surface area contributed by atoms with Gasteiger partial charge in [0.1, 0.15) is 5.82 Å². The summed E-state index contributed by atoms with van der Waals surface area (Å²) >= 11 is 5.80. The number of carboxylic acids is 1. The van der Waals surface area contributed by atoms with Gasteiger partial charge in [-0.05, 0) is 24.6 Å². The first-order valence-corrected chi connectivity index (χ1v) is 8.10. The summed E-state index contributed by atoms with van der Waals surface area (Å²) in [6.07, 6.45) is 0.753. The number of amides is 2. The van der Waals surface area contributed by atoms with Crippen LogP contribution in [-0.2, 0) is 4.79 Å². The summed E-state index contributed by atoms with van der Waals surface area (Å²) < 4.78 is 13.2. The quantitative estimate of drug-likeness (QED) is 0.848. The smallest absolute Gasteiger partial charge is 0.317 e. The highest BCUT2D eigenvalue weighted by Crippen LogP contribution is 2.25. The highest BCUT2D eigenvalue weighted by atomic mass is 35.5. The molecule has 0 aromatic heterocycles. The highest BCUT2D eigenvalue weighted by Gasteiger charge is 2.26. The Morgan fingerprint density at radius 1 is 1.54 bits per heavy atom. The molecule has 2 unspecified atom stereocenters. The van der Waals surface area contributed by atoms with Crippen LogP contribution in [0.4, 0.5) is 14.9 Å². The molecule has 132 valence electrons. The number of urea groups is 1. The van der Waals surface area contributed by atoms with E-state index in [0.29, 0.717) is 6.54 Å². The molecule has 0 spiro atoms. The van der Waals surface area contributed by atoms with Gasteiger partial charge in [-0.25, -0.2) is 9.18 Å². The summed E-state index contributed by atoms with van der Waals surface area (Å²) in [5.41, 5.74) is 0.811. The second-order valence-corrected chi connectivity index (χ2v) is 6.51. The Morgan fingerprint density at radius 2 is 2.25 bits per heavy atom. The van der Waals surface area contributed by atoms with Crippen LogP contribution in [0.1, 0.15) is 13.3 Å². The van der Waals surface area contributed by atoms with Gasteiger partial charge in [0.05, 0.1) is 10.9 Å². The van der Waals surface area contributed by atoms with Crippen molar-refractivity contribution in [3.63, 3.8) is 0 Å². The van der Waals surface area contributed by atoms with Crippen molar-refractivity contribution in [2.24, 2.45) is 5.92 Å². The minimum absolute atomic E-state index is 0.0519. The molecule has 2 amide bonds. The fourth-order valence-electron chi connectivity index (χ4n) is 2.65. The average Bonchev–Trinajstić information content (AvgIpc) is 2.98. The molecule has 8 heteroatoms. The molecule has 0 aliphatic carbocycles. The second kappa shape index (κ2) is 7.70. The van der Waals surface area contributed by atoms with Gasteiger partial charge in [0.25, 0.3) is 0 Å². The van der Waals surface area contributed by atoms with E-state index in [4.69, 9.17) is 16.7 Å². The first-order chi connectivity index (χ1) is 11.3. The predicted octanol–water partition coefficient (Wildman–Crippen LogP) is 2.42. The summed E-state index contributed by atoms with van der Waals surface area (Å²) in [5, 5.41) is 11.9. The molecule has 1 saturated heterocycles. The minimum Gasteiger partial charge on any atom is -0.481 e. The topological polar surface area (TPSA) is 72.9 Å². The molecule has 1 aromatic carbocycles. The van der Waals surface area contributed by atoms with E-state index in [1.54, 1.807) is 26.1 Å². The Kier molecular flexibility index (Phi) is 5.88. The number of carbonyl (C=O) groups is 2. The number of nitrogens with zero attached hydrogens (tertiary/aromatic N) is 2. The SMILES string of the molecule is CC(CN(C)C(=O)NC1CCN(c2ccc(F)c(Cl)c2)C1)C(=O)O. The van der Waals surface area contributed by atoms with Crippen molar-refractivity contribution in [2.75, 3.05) is 31.6 Å². The van der Waals surface area contributed by atoms with E-state index in [1.807, 2.05) is 4.90 Å². The van der Waals surface area contributed by atoms with E-state index < -0.39 is 17.7 Å². The van der Waals surface area contributed by atoms with Gasteiger partial charge in [0, 0.05) is 38.4 Å². The van der Waals surface area contributed by atoms with E-state index in [0.717, 1.165) is 18.7 Å². The zero-order valence-electron chi connectivity index (χ0n) is 13.6. The summed E-state index contributed by atoms with van der Waals surface area (Å²) in [5.74, 6) is -2.02. The number of carbonyl (C=O) groups excluding carboxylic acids is 1. The molecule has 2 rings (SSSR count). The van der Waals surface area contributed by atoms with Gasteiger partial charge in [0.2, 0.25) is 0 Å². The van der Waals surface area contributed by atoms with Crippen LogP contribution in [-0.4, -0.2) is 54.7 Å². The summed E-state index contributed by atoms with van der Waals surface area (Å²) in [7, 11) is 1.57. The normalized spacial score (nSPS) is 18.3. The first-order valence-electron chi connectivity index (χ1n) is 7.72. The third-order valence-electron chi connectivity index (χ3n) is 4.10. The van der Waals surface area contributed by atoms with Crippen LogP contribution in [0.2, 0.25) is 5.02 Å². The van der Waals surface area contributed by atoms with Gasteiger partial charge in [-0.2, -0.15) is 0 Å². The molecule has 0 saturated carbocycles. The molecule has 1 fully saturated rings. The Balaban J connectivity index is 1.88. The molecule has 2 N–H and O–H groups in total. The number of rotatable bonds is 5. The molecule has 6 nitrogen and oxygen atoms in total. The lowest BCUT2D eigenvalue weighted by Crippen LogP contribution is -2.46. The van der Waals surface area contributed by atoms with Gasteiger partial charge in [-0.1, -0.05) is 18.5 Å². The number of anilines is 1. The highest BCUT2D eigenvalue weighted by molar-refractivity contribution is 6.31. The number of halogens is 2. The molecule has 2 atom stereocenters. The standard InChI is InChI=1S/C16H21ClFN3O3/c1-10(15(22)23)8-20(2)16(24)19-11-5-6-21(9-11)12-3-4-14(18)13(17)7-12/h3-4,7,10-11H,5-6,8-9H2,1-2H3,(H,19,24)(H,22,23). The number of benzene rings is 1. The summed E-state index contributed by atoms with van der Waals surface area (Å²) in [6.45, 7) is 3.02. The van der Waals surface area contributed by atoms with Crippen molar-refractivity contribution in [1.82, 2.24) is 10.2 Å². The molecule has 1 aromatic rings. The zero-order chi connectivity index (χ0) is 17.9. The fourth-order valence-corrected chi connectivity index (χ4v) is 2.83. The van der Waals surface area contributed by atoms with Gasteiger partial charge < -0.3 is 20.2 Å². The summed E-state index contributed by atoms with van der Waals surface area (Å²) in [4.78, 5) is 26.4. The van der Waals surface area contributed by atoms with Crippen LogP contribution < -0.4 is 10.2 Å². The maximum Gasteiger partial charge on any atom is 0.317 e. The zero-order valence-corrected chi connectivity index (χ0v) is 14.4. The van der Waals surface area contributed by atoms with Crippen LogP contribution >= 0.6 is 11.6 Å². The van der Waals surface area contributed by atoms with Gasteiger partial charge in [0.15, 0.2) is 0 Å². The van der Waals surface area contributed by atoms with E-state index >= 15 is 0 Å². The molecular formula is C16H21ClFN3O3. The van der Waals surface area contributed by atoms with E-state index in [1.165, 1.54) is 11.0 Å². The van der Waals surface area contributed by atoms with Crippen molar-refractivity contribution in [2.45, 2.75) is 19.4 Å². The Hall–Kier alpha value is -2.02. The van der Waals surface area contributed by atoms with Crippen LogP contribution in [0.25, 0.3) is 0 Å². The van der Waals surface area contributed by atoms with Crippen molar-refractivity contribution >= 4 is 29.3 Å². The van der Waals surface area contributed by atoms with Gasteiger partial charge in [-0.15, -0.1) is 0 Å². The summed E-state index contributed by atoms with van der Waals surface area (Å²) in [6, 6.07) is 4.20. The maximum absolute atomic E-state index is 13.2. The molecule has 0 radical (unpaired) electrons. The molecule has 1 aliphatic rings.